The molecule has 2 heteroatoms. The molecule has 25 heavy (non-hydrogen) atoms. The number of ether oxygens (including phenoxy) is 1. The van der Waals surface area contributed by atoms with E-state index >= 15 is 0 Å². The predicted octanol–water partition coefficient (Wildman–Crippen LogP) is 6.08. The molecule has 1 aliphatic rings. The van der Waals surface area contributed by atoms with Crippen LogP contribution in [0, 0.1) is 0 Å². The van der Waals surface area contributed by atoms with E-state index in [1.807, 2.05) is 6.07 Å². The summed E-state index contributed by atoms with van der Waals surface area (Å²) in [6.45, 7) is 2.93. The van der Waals surface area contributed by atoms with E-state index in [2.05, 4.69) is 43.3 Å². The molecule has 4 rings (SSSR count). The quantitative estimate of drug-likeness (QED) is 0.404. The lowest BCUT2D eigenvalue weighted by Gasteiger charge is -2.15. The van der Waals surface area contributed by atoms with E-state index < -0.39 is 0 Å². The second kappa shape index (κ2) is 6.87. The zero-order valence-electron chi connectivity index (χ0n) is 14.8. The lowest BCUT2D eigenvalue weighted by Crippen LogP contribution is -2.01. The van der Waals surface area contributed by atoms with Gasteiger partial charge in [0.15, 0.2) is 5.78 Å². The van der Waals surface area contributed by atoms with Crippen LogP contribution in [0.15, 0.2) is 42.5 Å². The Kier molecular flexibility index (Phi) is 4.44. The highest BCUT2D eigenvalue weighted by Gasteiger charge is 2.24. The minimum Gasteiger partial charge on any atom is -0.493 e. The van der Waals surface area contributed by atoms with Crippen LogP contribution in [0.3, 0.4) is 0 Å². The number of benzene rings is 3. The van der Waals surface area contributed by atoms with Crippen LogP contribution < -0.4 is 4.74 Å². The second-order valence-electron chi connectivity index (χ2n) is 6.94. The molecule has 0 saturated carbocycles. The SMILES string of the molecule is CCCCCCOc1cc2c(c3ccc4ccccc4c13)CCC2=O. The Balaban J connectivity index is 1.83. The van der Waals surface area contributed by atoms with Gasteiger partial charge in [-0.05, 0) is 40.6 Å². The maximum atomic E-state index is 12.3. The molecule has 3 aromatic carbocycles. The monoisotopic (exact) mass is 332 g/mol. The molecule has 2 nitrogen and oxygen atoms in total. The van der Waals surface area contributed by atoms with E-state index in [0.29, 0.717) is 13.0 Å². The van der Waals surface area contributed by atoms with Gasteiger partial charge in [0, 0.05) is 17.4 Å². The Bertz CT molecular complexity index is 940. The molecule has 0 unspecified atom stereocenters. The van der Waals surface area contributed by atoms with Gasteiger partial charge in [0.05, 0.1) is 6.61 Å². The van der Waals surface area contributed by atoms with Crippen molar-refractivity contribution in [2.75, 3.05) is 6.61 Å². The average Bonchev–Trinajstić information content (AvgIpc) is 3.02. The number of rotatable bonds is 6. The summed E-state index contributed by atoms with van der Waals surface area (Å²) in [6, 6.07) is 14.8. The third kappa shape index (κ3) is 2.90. The minimum absolute atomic E-state index is 0.251. The first-order valence-corrected chi connectivity index (χ1v) is 9.43. The van der Waals surface area contributed by atoms with Crippen molar-refractivity contribution in [3.8, 4) is 5.75 Å². The maximum Gasteiger partial charge on any atom is 0.163 e. The highest BCUT2D eigenvalue weighted by molar-refractivity contribution is 6.15. The molecule has 0 aromatic heterocycles. The first kappa shape index (κ1) is 16.1. The van der Waals surface area contributed by atoms with E-state index in [1.165, 1.54) is 46.4 Å². The van der Waals surface area contributed by atoms with Gasteiger partial charge in [-0.25, -0.2) is 0 Å². The standard InChI is InChI=1S/C23H24O2/c1-2-3-4-7-14-25-22-15-20-18(12-13-21(20)24)19-11-10-16-8-5-6-9-17(16)23(19)22/h5-6,8-11,15H,2-4,7,12-14H2,1H3. The molecule has 0 fully saturated rings. The summed E-state index contributed by atoms with van der Waals surface area (Å²) in [5.41, 5.74) is 2.07. The van der Waals surface area contributed by atoms with Gasteiger partial charge in [-0.1, -0.05) is 62.6 Å². The van der Waals surface area contributed by atoms with Crippen LogP contribution in [-0.2, 0) is 6.42 Å². The van der Waals surface area contributed by atoms with E-state index in [1.54, 1.807) is 0 Å². The van der Waals surface area contributed by atoms with Crippen LogP contribution >= 0.6 is 0 Å². The van der Waals surface area contributed by atoms with Crippen molar-refractivity contribution >= 4 is 27.3 Å². The zero-order chi connectivity index (χ0) is 17.2. The van der Waals surface area contributed by atoms with Gasteiger partial charge in [-0.15, -0.1) is 0 Å². The number of carbonyl (C=O) groups is 1. The predicted molar refractivity (Wildman–Crippen MR) is 104 cm³/mol. The number of Topliss-reactive ketones (excluding diaryl/α,β-unsaturated/α-hetero) is 1. The van der Waals surface area contributed by atoms with Crippen molar-refractivity contribution in [2.45, 2.75) is 45.4 Å². The summed E-state index contributed by atoms with van der Waals surface area (Å²) in [7, 11) is 0. The minimum atomic E-state index is 0.251. The van der Waals surface area contributed by atoms with Gasteiger partial charge in [0.2, 0.25) is 0 Å². The number of carbonyl (C=O) groups excluding carboxylic acids is 1. The lowest BCUT2D eigenvalue weighted by molar-refractivity contribution is 0.0994. The molecule has 0 radical (unpaired) electrons. The first-order chi connectivity index (χ1) is 12.3. The molecule has 1 aliphatic carbocycles. The van der Waals surface area contributed by atoms with E-state index in [9.17, 15) is 4.79 Å². The normalized spacial score (nSPS) is 13.6. The van der Waals surface area contributed by atoms with Crippen LogP contribution in [0.4, 0.5) is 0 Å². The van der Waals surface area contributed by atoms with Crippen molar-refractivity contribution in [1.82, 2.24) is 0 Å². The summed E-state index contributed by atoms with van der Waals surface area (Å²) in [5, 5.41) is 4.79. The highest BCUT2D eigenvalue weighted by Crippen LogP contribution is 2.40. The fourth-order valence-corrected chi connectivity index (χ4v) is 3.94. The summed E-state index contributed by atoms with van der Waals surface area (Å²) < 4.78 is 6.20. The first-order valence-electron chi connectivity index (χ1n) is 9.43. The van der Waals surface area contributed by atoms with Crippen LogP contribution in [0.1, 0.15) is 54.9 Å². The largest absolute Gasteiger partial charge is 0.493 e. The number of aryl methyl sites for hydroxylation is 1. The maximum absolute atomic E-state index is 12.3. The van der Waals surface area contributed by atoms with Gasteiger partial charge >= 0.3 is 0 Å². The van der Waals surface area contributed by atoms with Crippen molar-refractivity contribution in [1.29, 1.82) is 0 Å². The summed E-state index contributed by atoms with van der Waals surface area (Å²) >= 11 is 0. The van der Waals surface area contributed by atoms with Crippen LogP contribution in [0.5, 0.6) is 5.75 Å². The third-order valence-electron chi connectivity index (χ3n) is 5.26. The molecule has 3 aromatic rings. The molecule has 0 bridgehead atoms. The highest BCUT2D eigenvalue weighted by atomic mass is 16.5. The molecular formula is C23H24O2. The second-order valence-corrected chi connectivity index (χ2v) is 6.94. The summed E-state index contributed by atoms with van der Waals surface area (Å²) in [6.07, 6.45) is 6.19. The summed E-state index contributed by atoms with van der Waals surface area (Å²) in [5.74, 6) is 1.12. The third-order valence-corrected chi connectivity index (χ3v) is 5.26. The van der Waals surface area contributed by atoms with Crippen LogP contribution in [-0.4, -0.2) is 12.4 Å². The lowest BCUT2D eigenvalue weighted by atomic mass is 9.95. The number of ketones is 1. The molecule has 0 atom stereocenters. The Labute approximate surface area is 148 Å². The Morgan fingerprint density at radius 3 is 2.72 bits per heavy atom. The average molecular weight is 332 g/mol. The molecule has 0 N–H and O–H groups in total. The molecule has 0 heterocycles. The number of unbranched alkanes of at least 4 members (excludes halogenated alkanes) is 3. The number of hydrogen-bond donors (Lipinski definition) is 0. The Morgan fingerprint density at radius 1 is 0.960 bits per heavy atom. The van der Waals surface area contributed by atoms with Crippen molar-refractivity contribution < 1.29 is 9.53 Å². The van der Waals surface area contributed by atoms with Crippen molar-refractivity contribution in [2.24, 2.45) is 0 Å². The summed E-state index contributed by atoms with van der Waals surface area (Å²) in [4.78, 5) is 12.3. The Hall–Kier alpha value is -2.35. The molecule has 0 amide bonds. The number of fused-ring (bicyclic) bond motifs is 5. The van der Waals surface area contributed by atoms with Crippen LogP contribution in [0.25, 0.3) is 21.5 Å². The van der Waals surface area contributed by atoms with Gasteiger partial charge in [-0.3, -0.25) is 4.79 Å². The molecular weight excluding hydrogens is 308 g/mol. The van der Waals surface area contributed by atoms with Gasteiger partial charge in [0.25, 0.3) is 0 Å². The number of hydrogen-bond acceptors (Lipinski definition) is 2. The zero-order valence-corrected chi connectivity index (χ0v) is 14.8. The van der Waals surface area contributed by atoms with E-state index in [-0.39, 0.29) is 5.78 Å². The smallest absolute Gasteiger partial charge is 0.163 e. The van der Waals surface area contributed by atoms with E-state index in [0.717, 1.165) is 24.2 Å². The fraction of sp³-hybridized carbons (Fsp3) is 0.348. The fourth-order valence-electron chi connectivity index (χ4n) is 3.94. The van der Waals surface area contributed by atoms with Crippen molar-refractivity contribution in [3.05, 3.63) is 53.6 Å². The van der Waals surface area contributed by atoms with Crippen LogP contribution in [0.2, 0.25) is 0 Å². The van der Waals surface area contributed by atoms with Gasteiger partial charge in [-0.2, -0.15) is 0 Å². The van der Waals surface area contributed by atoms with E-state index in [4.69, 9.17) is 4.74 Å². The topological polar surface area (TPSA) is 26.3 Å². The Morgan fingerprint density at radius 2 is 1.84 bits per heavy atom. The molecule has 0 saturated heterocycles. The molecule has 0 aliphatic heterocycles. The molecule has 128 valence electrons. The molecule has 0 spiro atoms. The van der Waals surface area contributed by atoms with Gasteiger partial charge < -0.3 is 4.74 Å². The van der Waals surface area contributed by atoms with Crippen molar-refractivity contribution in [3.63, 3.8) is 0 Å². The van der Waals surface area contributed by atoms with Gasteiger partial charge in [0.1, 0.15) is 5.75 Å².